The van der Waals surface area contributed by atoms with Crippen molar-refractivity contribution in [2.45, 2.75) is 115 Å². The fourth-order valence-corrected chi connectivity index (χ4v) is 9.74. The van der Waals surface area contributed by atoms with Crippen LogP contribution in [-0.4, -0.2) is 67.8 Å². The number of esters is 4. The van der Waals surface area contributed by atoms with Crippen LogP contribution < -0.4 is 0 Å². The molecule has 0 radical (unpaired) electrons. The number of hydrogen-bond acceptors (Lipinski definition) is 8. The molecule has 11 unspecified atom stereocenters. The zero-order valence-corrected chi connectivity index (χ0v) is 26.7. The number of hydrogen-bond donors (Lipinski definition) is 0. The first-order chi connectivity index (χ1) is 21.9. The Morgan fingerprint density at radius 3 is 1.88 bits per heavy atom. The summed E-state index contributed by atoms with van der Waals surface area (Å²) < 4.78 is 140. The zero-order valence-electron chi connectivity index (χ0n) is 26.7. The van der Waals surface area contributed by atoms with E-state index in [0.717, 1.165) is 0 Å². The minimum absolute atomic E-state index is 0.0143. The van der Waals surface area contributed by atoms with E-state index in [0.29, 0.717) is 6.42 Å². The van der Waals surface area contributed by atoms with Gasteiger partial charge in [0.1, 0.15) is 18.3 Å². The molecule has 4 fully saturated rings. The number of carbonyl (C=O) groups excluding carboxylic acids is 4. The minimum atomic E-state index is -5.39. The zero-order chi connectivity index (χ0) is 36.2. The van der Waals surface area contributed by atoms with Gasteiger partial charge < -0.3 is 18.9 Å². The van der Waals surface area contributed by atoms with Crippen molar-refractivity contribution in [3.05, 3.63) is 0 Å². The maximum atomic E-state index is 13.6. The molecule has 0 spiro atoms. The molecule has 4 saturated carbocycles. The average molecular weight is 711 g/mol. The molecule has 0 amide bonds. The molecule has 0 bridgehead atoms. The Kier molecular flexibility index (Phi) is 10.4. The predicted molar refractivity (Wildman–Crippen MR) is 144 cm³/mol. The van der Waals surface area contributed by atoms with Gasteiger partial charge in [0.25, 0.3) is 0 Å². The van der Waals surface area contributed by atoms with Crippen LogP contribution in [0.2, 0.25) is 0 Å². The SMILES string of the molecule is COC(=O)CCC(C)C1CCC2C3C(OC(=O)C(F)(F)F)CC4CC(OC(=O)C(F)(F)F)CCC4(C)C3CC(OC(=O)C(F)(F)F)C12C. The van der Waals surface area contributed by atoms with Crippen molar-refractivity contribution in [2.24, 2.45) is 46.3 Å². The number of ether oxygens (including phenoxy) is 4. The van der Waals surface area contributed by atoms with Crippen molar-refractivity contribution >= 4 is 23.9 Å². The second-order valence-electron chi connectivity index (χ2n) is 14.2. The van der Waals surface area contributed by atoms with Crippen molar-refractivity contribution in [1.29, 1.82) is 0 Å². The molecule has 0 aromatic rings. The van der Waals surface area contributed by atoms with Crippen molar-refractivity contribution in [2.75, 3.05) is 7.11 Å². The van der Waals surface area contributed by atoms with Crippen LogP contribution in [-0.2, 0) is 38.1 Å². The Morgan fingerprint density at radius 2 is 1.31 bits per heavy atom. The van der Waals surface area contributed by atoms with Gasteiger partial charge in [0.05, 0.1) is 7.11 Å². The van der Waals surface area contributed by atoms with Gasteiger partial charge in [-0.15, -0.1) is 0 Å². The highest BCUT2D eigenvalue weighted by Gasteiger charge is 2.68. The van der Waals surface area contributed by atoms with E-state index < -0.39 is 101 Å². The molecular weight excluding hydrogens is 671 g/mol. The van der Waals surface area contributed by atoms with Gasteiger partial charge in [-0.1, -0.05) is 20.8 Å². The van der Waals surface area contributed by atoms with Gasteiger partial charge in [-0.25, -0.2) is 14.4 Å². The summed E-state index contributed by atoms with van der Waals surface area (Å²) in [6, 6.07) is 0. The fraction of sp³-hybridized carbons (Fsp3) is 0.871. The van der Waals surface area contributed by atoms with Crippen molar-refractivity contribution in [3.63, 3.8) is 0 Å². The van der Waals surface area contributed by atoms with Crippen LogP contribution in [0.15, 0.2) is 0 Å². The van der Waals surface area contributed by atoms with E-state index in [1.54, 1.807) is 20.8 Å². The molecule has 0 N–H and O–H groups in total. The van der Waals surface area contributed by atoms with Gasteiger partial charge in [-0.05, 0) is 86.4 Å². The van der Waals surface area contributed by atoms with Gasteiger partial charge in [0.2, 0.25) is 0 Å². The third-order valence-electron chi connectivity index (χ3n) is 11.9. The predicted octanol–water partition coefficient (Wildman–Crippen LogP) is 6.88. The molecule has 274 valence electrons. The maximum Gasteiger partial charge on any atom is 0.490 e. The number of methoxy groups -OCH3 is 1. The summed E-state index contributed by atoms with van der Waals surface area (Å²) in [6.45, 7) is 5.13. The molecule has 0 aromatic heterocycles. The molecule has 4 rings (SSSR count). The third-order valence-corrected chi connectivity index (χ3v) is 11.9. The van der Waals surface area contributed by atoms with Crippen LogP contribution in [0.4, 0.5) is 39.5 Å². The molecule has 11 atom stereocenters. The number of alkyl halides is 9. The first-order valence-electron chi connectivity index (χ1n) is 15.8. The van der Waals surface area contributed by atoms with Gasteiger partial charge in [-0.3, -0.25) is 4.79 Å². The molecule has 48 heavy (non-hydrogen) atoms. The minimum Gasteiger partial charge on any atom is -0.469 e. The van der Waals surface area contributed by atoms with Crippen molar-refractivity contribution < 1.29 is 77.6 Å². The topological polar surface area (TPSA) is 105 Å². The van der Waals surface area contributed by atoms with E-state index in [-0.39, 0.29) is 57.3 Å². The third kappa shape index (κ3) is 7.24. The monoisotopic (exact) mass is 710 g/mol. The van der Waals surface area contributed by atoms with Crippen LogP contribution in [0.5, 0.6) is 0 Å². The molecule has 0 aliphatic heterocycles. The molecule has 0 heterocycles. The van der Waals surface area contributed by atoms with Crippen LogP contribution >= 0.6 is 0 Å². The quantitative estimate of drug-likeness (QED) is 0.160. The van der Waals surface area contributed by atoms with E-state index in [9.17, 15) is 58.7 Å². The molecule has 4 aliphatic rings. The second-order valence-corrected chi connectivity index (χ2v) is 14.2. The highest BCUT2D eigenvalue weighted by atomic mass is 19.4. The summed E-state index contributed by atoms with van der Waals surface area (Å²) in [5.74, 6) is -11.8. The standard InChI is InChI=1S/C31H39F9O8/c1-14(5-8-22(41)45-4)17-6-7-18-23-19(13-21(28(17,18)3)48-26(44)31(38,39)40)27(2)10-9-16(46-24(42)29(32,33)34)11-15(27)12-20(23)47-25(43)30(35,36)37/h14-21,23H,5-13H2,1-4H3. The smallest absolute Gasteiger partial charge is 0.469 e. The molecular formula is C31H39F9O8. The highest BCUT2D eigenvalue weighted by molar-refractivity contribution is 5.76. The largest absolute Gasteiger partial charge is 0.490 e. The Hall–Kier alpha value is -2.75. The summed E-state index contributed by atoms with van der Waals surface area (Å²) >= 11 is 0. The van der Waals surface area contributed by atoms with E-state index in [2.05, 4.69) is 4.74 Å². The summed E-state index contributed by atoms with van der Waals surface area (Å²) in [5.41, 5.74) is -2.17. The first-order valence-corrected chi connectivity index (χ1v) is 15.8. The second kappa shape index (κ2) is 13.2. The molecule has 0 saturated heterocycles. The summed E-state index contributed by atoms with van der Waals surface area (Å²) in [4.78, 5) is 48.0. The van der Waals surface area contributed by atoms with Crippen molar-refractivity contribution in [3.8, 4) is 0 Å². The lowest BCUT2D eigenvalue weighted by atomic mass is 9.43. The van der Waals surface area contributed by atoms with Crippen LogP contribution in [0.3, 0.4) is 0 Å². The lowest BCUT2D eigenvalue weighted by Gasteiger charge is -2.64. The number of carbonyl (C=O) groups is 4. The molecule has 0 aromatic carbocycles. The van der Waals surface area contributed by atoms with Crippen LogP contribution in [0, 0.1) is 46.3 Å². The summed E-state index contributed by atoms with van der Waals surface area (Å²) in [7, 11) is 1.20. The van der Waals surface area contributed by atoms with Gasteiger partial charge in [-0.2, -0.15) is 39.5 Å². The Morgan fingerprint density at radius 1 is 0.750 bits per heavy atom. The van der Waals surface area contributed by atoms with Crippen LogP contribution in [0.25, 0.3) is 0 Å². The van der Waals surface area contributed by atoms with Crippen LogP contribution in [0.1, 0.15) is 78.6 Å². The lowest BCUT2D eigenvalue weighted by Crippen LogP contribution is -2.64. The molecule has 4 aliphatic carbocycles. The number of rotatable bonds is 7. The summed E-state index contributed by atoms with van der Waals surface area (Å²) in [5, 5.41) is 0. The van der Waals surface area contributed by atoms with Gasteiger partial charge in [0, 0.05) is 17.8 Å². The Balaban J connectivity index is 1.76. The lowest BCUT2D eigenvalue weighted by molar-refractivity contribution is -0.251. The van der Waals surface area contributed by atoms with E-state index in [1.165, 1.54) is 7.11 Å². The van der Waals surface area contributed by atoms with E-state index in [1.807, 2.05) is 0 Å². The molecule has 8 nitrogen and oxygen atoms in total. The van der Waals surface area contributed by atoms with Gasteiger partial charge in [0.15, 0.2) is 0 Å². The normalized spacial score (nSPS) is 37.3. The summed E-state index contributed by atoms with van der Waals surface area (Å²) in [6.07, 6.45) is -19.9. The fourth-order valence-electron chi connectivity index (χ4n) is 9.74. The van der Waals surface area contributed by atoms with Gasteiger partial charge >= 0.3 is 42.4 Å². The highest BCUT2D eigenvalue weighted by Crippen LogP contribution is 2.69. The average Bonchev–Trinajstić information content (AvgIpc) is 3.33. The number of halogens is 9. The first kappa shape index (κ1) is 38.1. The van der Waals surface area contributed by atoms with E-state index in [4.69, 9.17) is 14.2 Å². The Labute approximate surface area is 270 Å². The maximum absolute atomic E-state index is 13.6. The van der Waals surface area contributed by atoms with Crippen molar-refractivity contribution in [1.82, 2.24) is 0 Å². The Bertz CT molecular complexity index is 1250. The van der Waals surface area contributed by atoms with E-state index >= 15 is 0 Å². The number of fused-ring (bicyclic) bond motifs is 5. The molecule has 17 heteroatoms.